The van der Waals surface area contributed by atoms with E-state index in [4.69, 9.17) is 10.5 Å². The van der Waals surface area contributed by atoms with Gasteiger partial charge in [0.2, 0.25) is 0 Å². The number of methoxy groups -OCH3 is 1. The van der Waals surface area contributed by atoms with Gasteiger partial charge in [-0.3, -0.25) is 0 Å². The molecule has 1 saturated carbocycles. The SMILES string of the molecule is COc1ccc(Br)c(CC(N)CCC2CCCCC2)c1. The van der Waals surface area contributed by atoms with Gasteiger partial charge < -0.3 is 10.5 Å². The predicted octanol–water partition coefficient (Wildman–Crippen LogP) is 4.69. The van der Waals surface area contributed by atoms with Crippen LogP contribution >= 0.6 is 15.9 Å². The fourth-order valence-corrected chi connectivity index (χ4v) is 3.55. The molecule has 20 heavy (non-hydrogen) atoms. The molecule has 2 nitrogen and oxygen atoms in total. The van der Waals surface area contributed by atoms with Crippen LogP contribution in [0, 0.1) is 5.92 Å². The third-order valence-corrected chi connectivity index (χ3v) is 5.18. The molecular formula is C17H26BrNO. The molecular weight excluding hydrogens is 314 g/mol. The zero-order valence-electron chi connectivity index (χ0n) is 12.4. The first kappa shape index (κ1) is 15.8. The summed E-state index contributed by atoms with van der Waals surface area (Å²) in [5, 5.41) is 0. The quantitative estimate of drug-likeness (QED) is 0.815. The third-order valence-electron chi connectivity index (χ3n) is 4.41. The van der Waals surface area contributed by atoms with E-state index in [0.29, 0.717) is 0 Å². The van der Waals surface area contributed by atoms with Gasteiger partial charge in [-0.25, -0.2) is 0 Å². The van der Waals surface area contributed by atoms with E-state index in [1.807, 2.05) is 12.1 Å². The van der Waals surface area contributed by atoms with Crippen LogP contribution in [0.2, 0.25) is 0 Å². The maximum Gasteiger partial charge on any atom is 0.119 e. The van der Waals surface area contributed by atoms with Gasteiger partial charge in [0.25, 0.3) is 0 Å². The summed E-state index contributed by atoms with van der Waals surface area (Å²) in [5.74, 6) is 1.83. The molecule has 1 aromatic carbocycles. The minimum atomic E-state index is 0.250. The Morgan fingerprint density at radius 3 is 2.75 bits per heavy atom. The van der Waals surface area contributed by atoms with E-state index in [2.05, 4.69) is 22.0 Å². The maximum absolute atomic E-state index is 6.32. The summed E-state index contributed by atoms with van der Waals surface area (Å²) in [4.78, 5) is 0. The zero-order chi connectivity index (χ0) is 14.4. The minimum absolute atomic E-state index is 0.250. The molecule has 2 N–H and O–H groups in total. The molecule has 2 rings (SSSR count). The summed E-state index contributed by atoms with van der Waals surface area (Å²) >= 11 is 3.60. The van der Waals surface area contributed by atoms with Crippen molar-refractivity contribution in [3.05, 3.63) is 28.2 Å². The van der Waals surface area contributed by atoms with Gasteiger partial charge in [0.1, 0.15) is 5.75 Å². The van der Waals surface area contributed by atoms with Crippen molar-refractivity contribution in [1.82, 2.24) is 0 Å². The van der Waals surface area contributed by atoms with Gasteiger partial charge in [-0.15, -0.1) is 0 Å². The smallest absolute Gasteiger partial charge is 0.119 e. The van der Waals surface area contributed by atoms with Crippen molar-refractivity contribution < 1.29 is 4.74 Å². The Morgan fingerprint density at radius 1 is 1.30 bits per heavy atom. The molecule has 0 aliphatic heterocycles. The van der Waals surface area contributed by atoms with Crippen LogP contribution in [0.15, 0.2) is 22.7 Å². The lowest BCUT2D eigenvalue weighted by atomic mass is 9.85. The molecule has 0 bridgehead atoms. The molecule has 0 radical (unpaired) electrons. The van der Waals surface area contributed by atoms with Gasteiger partial charge in [0.15, 0.2) is 0 Å². The van der Waals surface area contributed by atoms with E-state index in [1.165, 1.54) is 44.1 Å². The molecule has 0 heterocycles. The topological polar surface area (TPSA) is 35.2 Å². The largest absolute Gasteiger partial charge is 0.497 e. The molecule has 0 aromatic heterocycles. The molecule has 0 spiro atoms. The van der Waals surface area contributed by atoms with Crippen LogP contribution < -0.4 is 10.5 Å². The number of rotatable bonds is 6. The zero-order valence-corrected chi connectivity index (χ0v) is 14.0. The minimum Gasteiger partial charge on any atom is -0.497 e. The summed E-state index contributed by atoms with van der Waals surface area (Å²) in [6.07, 6.45) is 10.4. The normalized spacial score (nSPS) is 17.9. The number of nitrogens with two attached hydrogens (primary N) is 1. The number of halogens is 1. The van der Waals surface area contributed by atoms with Gasteiger partial charge in [-0.05, 0) is 48.9 Å². The molecule has 1 aliphatic carbocycles. The summed E-state index contributed by atoms with van der Waals surface area (Å²) in [6, 6.07) is 6.36. The van der Waals surface area contributed by atoms with E-state index in [1.54, 1.807) is 7.11 Å². The molecule has 0 saturated heterocycles. The molecule has 3 heteroatoms. The fourth-order valence-electron chi connectivity index (χ4n) is 3.14. The first-order chi connectivity index (χ1) is 9.69. The Labute approximate surface area is 131 Å². The van der Waals surface area contributed by atoms with Crippen molar-refractivity contribution in [3.8, 4) is 5.75 Å². The second kappa shape index (κ2) is 8.04. The fraction of sp³-hybridized carbons (Fsp3) is 0.647. The van der Waals surface area contributed by atoms with Crippen LogP contribution in [-0.4, -0.2) is 13.2 Å². The third kappa shape index (κ3) is 4.78. The number of benzene rings is 1. The molecule has 1 unspecified atom stereocenters. The predicted molar refractivity (Wildman–Crippen MR) is 88.2 cm³/mol. The lowest BCUT2D eigenvalue weighted by molar-refractivity contribution is 0.322. The summed E-state index contributed by atoms with van der Waals surface area (Å²) in [6.45, 7) is 0. The first-order valence-electron chi connectivity index (χ1n) is 7.77. The van der Waals surface area contributed by atoms with Gasteiger partial charge >= 0.3 is 0 Å². The van der Waals surface area contributed by atoms with Crippen molar-refractivity contribution in [2.75, 3.05) is 7.11 Å². The van der Waals surface area contributed by atoms with E-state index in [9.17, 15) is 0 Å². The lowest BCUT2D eigenvalue weighted by Gasteiger charge is -2.23. The van der Waals surface area contributed by atoms with E-state index in [0.717, 1.165) is 29.0 Å². The van der Waals surface area contributed by atoms with E-state index >= 15 is 0 Å². The molecule has 1 atom stereocenters. The highest BCUT2D eigenvalue weighted by Crippen LogP contribution is 2.29. The standard InChI is InChI=1S/C17H26BrNO/c1-20-16-9-10-17(18)14(12-16)11-15(19)8-7-13-5-3-2-4-6-13/h9-10,12-13,15H,2-8,11,19H2,1H3. The Kier molecular flexibility index (Phi) is 6.37. The van der Waals surface area contributed by atoms with Crippen LogP contribution in [0.3, 0.4) is 0 Å². The molecule has 112 valence electrons. The van der Waals surface area contributed by atoms with Crippen LogP contribution in [0.25, 0.3) is 0 Å². The van der Waals surface area contributed by atoms with Gasteiger partial charge in [-0.2, -0.15) is 0 Å². The average molecular weight is 340 g/mol. The highest BCUT2D eigenvalue weighted by molar-refractivity contribution is 9.10. The van der Waals surface area contributed by atoms with Gasteiger partial charge in [0.05, 0.1) is 7.11 Å². The van der Waals surface area contributed by atoms with Gasteiger partial charge in [-0.1, -0.05) is 48.0 Å². The van der Waals surface area contributed by atoms with Crippen molar-refractivity contribution in [3.63, 3.8) is 0 Å². The first-order valence-corrected chi connectivity index (χ1v) is 8.56. The van der Waals surface area contributed by atoms with E-state index in [-0.39, 0.29) is 6.04 Å². The van der Waals surface area contributed by atoms with E-state index < -0.39 is 0 Å². The molecule has 1 aromatic rings. The van der Waals surface area contributed by atoms with Crippen molar-refractivity contribution in [2.24, 2.45) is 11.7 Å². The van der Waals surface area contributed by atoms with Crippen LogP contribution in [0.4, 0.5) is 0 Å². The highest BCUT2D eigenvalue weighted by atomic mass is 79.9. The Hall–Kier alpha value is -0.540. The second-order valence-electron chi connectivity index (χ2n) is 6.00. The van der Waals surface area contributed by atoms with Crippen molar-refractivity contribution >= 4 is 15.9 Å². The lowest BCUT2D eigenvalue weighted by Crippen LogP contribution is -2.24. The van der Waals surface area contributed by atoms with Crippen molar-refractivity contribution in [1.29, 1.82) is 0 Å². The molecule has 0 amide bonds. The summed E-state index contributed by atoms with van der Waals surface area (Å²) in [7, 11) is 1.70. The number of hydrogen-bond donors (Lipinski definition) is 1. The highest BCUT2D eigenvalue weighted by Gasteiger charge is 2.15. The average Bonchev–Trinajstić information content (AvgIpc) is 2.48. The van der Waals surface area contributed by atoms with Gasteiger partial charge in [0, 0.05) is 10.5 Å². The van der Waals surface area contributed by atoms with Crippen molar-refractivity contribution in [2.45, 2.75) is 57.4 Å². The van der Waals surface area contributed by atoms with Crippen LogP contribution in [-0.2, 0) is 6.42 Å². The number of ether oxygens (including phenoxy) is 1. The molecule has 1 fully saturated rings. The van der Waals surface area contributed by atoms with Crippen LogP contribution in [0.1, 0.15) is 50.5 Å². The monoisotopic (exact) mass is 339 g/mol. The van der Waals surface area contributed by atoms with Crippen LogP contribution in [0.5, 0.6) is 5.75 Å². The Bertz CT molecular complexity index is 415. The Balaban J connectivity index is 1.82. The number of hydrogen-bond acceptors (Lipinski definition) is 2. The maximum atomic E-state index is 6.32. The summed E-state index contributed by atoms with van der Waals surface area (Å²) in [5.41, 5.74) is 7.57. The Morgan fingerprint density at radius 2 is 2.05 bits per heavy atom. The molecule has 1 aliphatic rings. The second-order valence-corrected chi connectivity index (χ2v) is 6.86. The summed E-state index contributed by atoms with van der Waals surface area (Å²) < 4.78 is 6.42.